The van der Waals surface area contributed by atoms with E-state index in [0.29, 0.717) is 18.7 Å². The van der Waals surface area contributed by atoms with Gasteiger partial charge in [0.15, 0.2) is 0 Å². The van der Waals surface area contributed by atoms with Gasteiger partial charge >= 0.3 is 0 Å². The highest BCUT2D eigenvalue weighted by Gasteiger charge is 2.34. The molecular formula is C13H17N3O2S. The van der Waals surface area contributed by atoms with Crippen molar-refractivity contribution < 1.29 is 8.42 Å². The van der Waals surface area contributed by atoms with E-state index in [1.807, 2.05) is 13.1 Å². The minimum Gasteiger partial charge on any atom is -0.318 e. The Morgan fingerprint density at radius 3 is 2.68 bits per heavy atom. The molecule has 1 unspecified atom stereocenters. The number of likely N-dealkylation sites (N-methyl/N-ethyl adjacent to an activating group) is 1. The fourth-order valence-corrected chi connectivity index (χ4v) is 4.09. The van der Waals surface area contributed by atoms with Crippen LogP contribution in [0.5, 0.6) is 0 Å². The molecule has 0 amide bonds. The molecule has 0 bridgehead atoms. The van der Waals surface area contributed by atoms with Crippen molar-refractivity contribution in [2.75, 3.05) is 20.1 Å². The lowest BCUT2D eigenvalue weighted by Crippen LogP contribution is -2.40. The Bertz CT molecular complexity index is 575. The van der Waals surface area contributed by atoms with Gasteiger partial charge in [0.2, 0.25) is 10.0 Å². The van der Waals surface area contributed by atoms with Gasteiger partial charge in [-0.1, -0.05) is 0 Å². The molecule has 1 saturated heterocycles. The topological polar surface area (TPSA) is 73.2 Å². The third-order valence-corrected chi connectivity index (χ3v) is 5.32. The van der Waals surface area contributed by atoms with Crippen LogP contribution in [-0.4, -0.2) is 38.9 Å². The average molecular weight is 279 g/mol. The zero-order chi connectivity index (χ0) is 13.9. The van der Waals surface area contributed by atoms with Gasteiger partial charge in [-0.3, -0.25) is 0 Å². The lowest BCUT2D eigenvalue weighted by Gasteiger charge is -2.23. The van der Waals surface area contributed by atoms with Gasteiger partial charge in [0.05, 0.1) is 16.5 Å². The predicted octanol–water partition coefficient (Wildman–Crippen LogP) is 0.931. The summed E-state index contributed by atoms with van der Waals surface area (Å²) in [5.41, 5.74) is 0.465. The Morgan fingerprint density at radius 2 is 2.11 bits per heavy atom. The maximum atomic E-state index is 12.5. The van der Waals surface area contributed by atoms with E-state index in [-0.39, 0.29) is 10.9 Å². The van der Waals surface area contributed by atoms with E-state index in [1.165, 1.54) is 24.3 Å². The number of benzene rings is 1. The molecule has 0 spiro atoms. The molecule has 6 heteroatoms. The molecule has 0 aromatic heterocycles. The fraction of sp³-hybridized carbons (Fsp3) is 0.462. The Balaban J connectivity index is 2.28. The van der Waals surface area contributed by atoms with Crippen molar-refractivity contribution in [3.8, 4) is 6.07 Å². The summed E-state index contributed by atoms with van der Waals surface area (Å²) >= 11 is 0. The van der Waals surface area contributed by atoms with Crippen molar-refractivity contribution >= 4 is 10.0 Å². The van der Waals surface area contributed by atoms with Crippen LogP contribution in [0.15, 0.2) is 29.2 Å². The van der Waals surface area contributed by atoms with E-state index in [2.05, 4.69) is 5.32 Å². The Hall–Kier alpha value is -1.42. The number of nitrogens with zero attached hydrogens (tertiary/aromatic N) is 2. The SMILES string of the molecule is CNCC1CCCN1S(=O)(=O)c1ccc(C#N)cc1. The minimum absolute atomic E-state index is 0.0191. The van der Waals surface area contributed by atoms with Crippen molar-refractivity contribution in [3.05, 3.63) is 29.8 Å². The number of hydrogen-bond acceptors (Lipinski definition) is 4. The second-order valence-electron chi connectivity index (χ2n) is 4.61. The second kappa shape index (κ2) is 5.70. The fourth-order valence-electron chi connectivity index (χ4n) is 2.40. The van der Waals surface area contributed by atoms with Crippen LogP contribution in [0.3, 0.4) is 0 Å². The molecular weight excluding hydrogens is 262 g/mol. The molecule has 19 heavy (non-hydrogen) atoms. The molecule has 1 N–H and O–H groups in total. The summed E-state index contributed by atoms with van der Waals surface area (Å²) < 4.78 is 26.6. The van der Waals surface area contributed by atoms with E-state index >= 15 is 0 Å². The van der Waals surface area contributed by atoms with E-state index in [0.717, 1.165) is 12.8 Å². The first-order valence-electron chi connectivity index (χ1n) is 6.26. The van der Waals surface area contributed by atoms with Gasteiger partial charge < -0.3 is 5.32 Å². The molecule has 1 aliphatic rings. The van der Waals surface area contributed by atoms with Gasteiger partial charge in [0, 0.05) is 19.1 Å². The van der Waals surface area contributed by atoms with Crippen LogP contribution in [0.1, 0.15) is 18.4 Å². The van der Waals surface area contributed by atoms with E-state index < -0.39 is 10.0 Å². The summed E-state index contributed by atoms with van der Waals surface area (Å²) in [6.07, 6.45) is 1.78. The molecule has 1 aromatic carbocycles. The Kier molecular flexibility index (Phi) is 4.20. The summed E-state index contributed by atoms with van der Waals surface area (Å²) in [6, 6.07) is 8.09. The molecule has 5 nitrogen and oxygen atoms in total. The molecule has 1 aliphatic heterocycles. The number of rotatable bonds is 4. The van der Waals surface area contributed by atoms with Crippen molar-refractivity contribution in [2.45, 2.75) is 23.8 Å². The van der Waals surface area contributed by atoms with Crippen LogP contribution < -0.4 is 5.32 Å². The van der Waals surface area contributed by atoms with Crippen molar-refractivity contribution in [3.63, 3.8) is 0 Å². The second-order valence-corrected chi connectivity index (χ2v) is 6.50. The number of sulfonamides is 1. The van der Waals surface area contributed by atoms with E-state index in [9.17, 15) is 8.42 Å². The normalized spacial score (nSPS) is 20.3. The van der Waals surface area contributed by atoms with Crippen molar-refractivity contribution in [1.29, 1.82) is 5.26 Å². The molecule has 0 saturated carbocycles. The van der Waals surface area contributed by atoms with Crippen LogP contribution in [0.2, 0.25) is 0 Å². The summed E-state index contributed by atoms with van der Waals surface area (Å²) in [7, 11) is -1.63. The molecule has 2 rings (SSSR count). The van der Waals surface area contributed by atoms with Crippen LogP contribution in [0.25, 0.3) is 0 Å². The zero-order valence-electron chi connectivity index (χ0n) is 10.8. The highest BCUT2D eigenvalue weighted by molar-refractivity contribution is 7.89. The van der Waals surface area contributed by atoms with Gasteiger partial charge in [0.25, 0.3) is 0 Å². The summed E-state index contributed by atoms with van der Waals surface area (Å²) in [6.45, 7) is 1.23. The van der Waals surface area contributed by atoms with Gasteiger partial charge in [-0.05, 0) is 44.2 Å². The van der Waals surface area contributed by atoms with Gasteiger partial charge in [-0.25, -0.2) is 8.42 Å². The lowest BCUT2D eigenvalue weighted by atomic mass is 10.2. The molecule has 1 heterocycles. The highest BCUT2D eigenvalue weighted by Crippen LogP contribution is 2.25. The third-order valence-electron chi connectivity index (χ3n) is 3.35. The Morgan fingerprint density at radius 1 is 1.42 bits per heavy atom. The molecule has 0 radical (unpaired) electrons. The minimum atomic E-state index is -3.45. The molecule has 0 aliphatic carbocycles. The summed E-state index contributed by atoms with van der Waals surface area (Å²) in [5.74, 6) is 0. The zero-order valence-corrected chi connectivity index (χ0v) is 11.7. The first-order valence-corrected chi connectivity index (χ1v) is 7.70. The predicted molar refractivity (Wildman–Crippen MR) is 72.0 cm³/mol. The first-order chi connectivity index (χ1) is 9.09. The molecule has 102 valence electrons. The third kappa shape index (κ3) is 2.78. The van der Waals surface area contributed by atoms with E-state index in [4.69, 9.17) is 5.26 Å². The van der Waals surface area contributed by atoms with Gasteiger partial charge in [0.1, 0.15) is 0 Å². The van der Waals surface area contributed by atoms with Crippen molar-refractivity contribution in [1.82, 2.24) is 9.62 Å². The quantitative estimate of drug-likeness (QED) is 0.890. The van der Waals surface area contributed by atoms with Crippen LogP contribution in [0, 0.1) is 11.3 Å². The van der Waals surface area contributed by atoms with Crippen LogP contribution in [-0.2, 0) is 10.0 Å². The molecule has 1 fully saturated rings. The monoisotopic (exact) mass is 279 g/mol. The molecule has 1 aromatic rings. The van der Waals surface area contributed by atoms with E-state index in [1.54, 1.807) is 4.31 Å². The molecule has 1 atom stereocenters. The first kappa shape index (κ1) is 14.0. The van der Waals surface area contributed by atoms with Crippen molar-refractivity contribution in [2.24, 2.45) is 0 Å². The highest BCUT2D eigenvalue weighted by atomic mass is 32.2. The number of nitrogens with one attached hydrogen (secondary N) is 1. The maximum Gasteiger partial charge on any atom is 0.243 e. The standard InChI is InChI=1S/C13H17N3O2S/c1-15-10-12-3-2-8-16(12)19(17,18)13-6-4-11(9-14)5-7-13/h4-7,12,15H,2-3,8,10H2,1H3. The Labute approximate surface area is 113 Å². The summed E-state index contributed by atoms with van der Waals surface area (Å²) in [5, 5.41) is 11.8. The lowest BCUT2D eigenvalue weighted by molar-refractivity contribution is 0.379. The average Bonchev–Trinajstić information content (AvgIpc) is 2.88. The summed E-state index contributed by atoms with van der Waals surface area (Å²) in [4.78, 5) is 0.259. The number of hydrogen-bond donors (Lipinski definition) is 1. The smallest absolute Gasteiger partial charge is 0.243 e. The van der Waals surface area contributed by atoms with Crippen LogP contribution >= 0.6 is 0 Å². The number of nitriles is 1. The van der Waals surface area contributed by atoms with Gasteiger partial charge in [-0.15, -0.1) is 0 Å². The van der Waals surface area contributed by atoms with Gasteiger partial charge in [-0.2, -0.15) is 9.57 Å². The van der Waals surface area contributed by atoms with Crippen LogP contribution in [0.4, 0.5) is 0 Å². The largest absolute Gasteiger partial charge is 0.318 e. The maximum absolute atomic E-state index is 12.5.